The summed E-state index contributed by atoms with van der Waals surface area (Å²) in [6.45, 7) is 1.66. The lowest BCUT2D eigenvalue weighted by Gasteiger charge is -2.29. The summed E-state index contributed by atoms with van der Waals surface area (Å²) in [6.07, 6.45) is -0.132. The summed E-state index contributed by atoms with van der Waals surface area (Å²) in [7, 11) is 1.37. The van der Waals surface area contributed by atoms with Crippen molar-refractivity contribution in [1.29, 1.82) is 0 Å². The van der Waals surface area contributed by atoms with Gasteiger partial charge in [0.15, 0.2) is 5.60 Å². The van der Waals surface area contributed by atoms with E-state index in [1.165, 1.54) is 25.3 Å². The molecule has 0 saturated carbocycles. The van der Waals surface area contributed by atoms with Crippen LogP contribution in [0.15, 0.2) is 41.4 Å². The van der Waals surface area contributed by atoms with Gasteiger partial charge in [-0.1, -0.05) is 18.2 Å². The van der Waals surface area contributed by atoms with Crippen molar-refractivity contribution in [3.05, 3.63) is 42.0 Å². The van der Waals surface area contributed by atoms with Crippen LogP contribution in [0.5, 0.6) is 5.75 Å². The van der Waals surface area contributed by atoms with Gasteiger partial charge in [-0.15, -0.1) is 13.2 Å². The maximum atomic E-state index is 12.5. The number of hydrogen-bond donors (Lipinski definition) is 1. The molecule has 0 saturated heterocycles. The van der Waals surface area contributed by atoms with Gasteiger partial charge in [0.05, 0.1) is 12.6 Å². The predicted octanol–water partition coefficient (Wildman–Crippen LogP) is 2.79. The van der Waals surface area contributed by atoms with Crippen molar-refractivity contribution in [2.24, 2.45) is 4.99 Å². The molecule has 0 aliphatic carbocycles. The third kappa shape index (κ3) is 4.14. The number of alkyl halides is 3. The monoisotopic (exact) mass is 342 g/mol. The van der Waals surface area contributed by atoms with E-state index in [0.717, 1.165) is 0 Å². The largest absolute Gasteiger partial charge is 0.573 e. The molecule has 1 aromatic rings. The Hall–Kier alpha value is -2.35. The van der Waals surface area contributed by atoms with E-state index < -0.39 is 23.9 Å². The molecule has 0 radical (unpaired) electrons. The van der Waals surface area contributed by atoms with E-state index >= 15 is 0 Å². The molecule has 0 fully saturated rings. The highest BCUT2D eigenvalue weighted by Crippen LogP contribution is 2.30. The van der Waals surface area contributed by atoms with Crippen molar-refractivity contribution >= 4 is 12.1 Å². The molecule has 1 heterocycles. The van der Waals surface area contributed by atoms with Crippen LogP contribution in [0.4, 0.5) is 13.2 Å². The number of amides is 1. The van der Waals surface area contributed by atoms with Gasteiger partial charge in [0.1, 0.15) is 5.75 Å². The molecular formula is C16H17F3N2O3. The number of carbonyl (C=O) groups excluding carboxylic acids is 1. The molecule has 2 rings (SSSR count). The summed E-state index contributed by atoms with van der Waals surface area (Å²) in [6, 6.07) is 4.93. The number of hydrogen-bond acceptors (Lipinski definition) is 4. The number of rotatable bonds is 5. The first-order valence-electron chi connectivity index (χ1n) is 7.16. The lowest BCUT2D eigenvalue weighted by molar-refractivity contribution is -0.275. The second kappa shape index (κ2) is 7.04. The predicted molar refractivity (Wildman–Crippen MR) is 81.9 cm³/mol. The molecule has 5 nitrogen and oxygen atoms in total. The minimum atomic E-state index is -4.81. The van der Waals surface area contributed by atoms with Gasteiger partial charge in [-0.3, -0.25) is 9.79 Å². The Morgan fingerprint density at radius 2 is 2.08 bits per heavy atom. The zero-order valence-electron chi connectivity index (χ0n) is 13.1. The topological polar surface area (TPSA) is 59.9 Å². The SMILES string of the molecule is COC1(C(=O)NC(C)c2ccccc2OC(F)(F)F)C=CC=NC1. The molecule has 0 bridgehead atoms. The van der Waals surface area contributed by atoms with E-state index in [-0.39, 0.29) is 17.9 Å². The molecule has 0 aromatic heterocycles. The molecule has 0 spiro atoms. The van der Waals surface area contributed by atoms with Gasteiger partial charge in [-0.05, 0) is 25.1 Å². The molecule has 24 heavy (non-hydrogen) atoms. The molecular weight excluding hydrogens is 325 g/mol. The molecule has 2 unspecified atom stereocenters. The molecule has 1 N–H and O–H groups in total. The third-order valence-electron chi connectivity index (χ3n) is 3.59. The quantitative estimate of drug-likeness (QED) is 0.895. The number of carbonyl (C=O) groups is 1. The molecule has 2 atom stereocenters. The molecule has 1 aromatic carbocycles. The first-order valence-corrected chi connectivity index (χ1v) is 7.16. The number of aliphatic imine (C=N–C) groups is 1. The minimum Gasteiger partial charge on any atom is -0.405 e. The van der Waals surface area contributed by atoms with Crippen molar-refractivity contribution < 1.29 is 27.4 Å². The summed E-state index contributed by atoms with van der Waals surface area (Å²) in [5, 5.41) is 2.65. The van der Waals surface area contributed by atoms with Crippen molar-refractivity contribution in [3.63, 3.8) is 0 Å². The highest BCUT2D eigenvalue weighted by Gasteiger charge is 2.38. The standard InChI is InChI=1S/C16H17F3N2O3/c1-11(12-6-3-4-7-13(12)24-16(17,18)19)21-14(22)15(23-2)8-5-9-20-10-15/h3-9,11H,10H2,1-2H3,(H,21,22). The highest BCUT2D eigenvalue weighted by molar-refractivity contribution is 5.90. The van der Waals surface area contributed by atoms with Crippen LogP contribution < -0.4 is 10.1 Å². The Balaban J connectivity index is 2.18. The van der Waals surface area contributed by atoms with Gasteiger partial charge >= 0.3 is 6.36 Å². The summed E-state index contributed by atoms with van der Waals surface area (Å²) < 4.78 is 46.8. The number of benzene rings is 1. The Labute approximate surface area is 137 Å². The van der Waals surface area contributed by atoms with Gasteiger partial charge in [-0.2, -0.15) is 0 Å². The van der Waals surface area contributed by atoms with Crippen LogP contribution in [0.2, 0.25) is 0 Å². The number of methoxy groups -OCH3 is 1. The number of halogens is 3. The number of dihydropyridines is 1. The van der Waals surface area contributed by atoms with Crippen LogP contribution in [0.25, 0.3) is 0 Å². The van der Waals surface area contributed by atoms with Crippen LogP contribution in [-0.2, 0) is 9.53 Å². The average molecular weight is 342 g/mol. The number of nitrogens with zero attached hydrogens (tertiary/aromatic N) is 1. The highest BCUT2D eigenvalue weighted by atomic mass is 19.4. The smallest absolute Gasteiger partial charge is 0.405 e. The summed E-state index contributed by atoms with van der Waals surface area (Å²) >= 11 is 0. The second-order valence-corrected chi connectivity index (χ2v) is 5.22. The lowest BCUT2D eigenvalue weighted by atomic mass is 9.99. The van der Waals surface area contributed by atoms with E-state index in [1.54, 1.807) is 31.4 Å². The van der Waals surface area contributed by atoms with E-state index in [2.05, 4.69) is 15.0 Å². The van der Waals surface area contributed by atoms with Crippen molar-refractivity contribution in [2.75, 3.05) is 13.7 Å². The Morgan fingerprint density at radius 1 is 1.38 bits per heavy atom. The maximum Gasteiger partial charge on any atom is 0.573 e. The van der Waals surface area contributed by atoms with Gasteiger partial charge in [-0.25, -0.2) is 0 Å². The molecule has 1 aliphatic heterocycles. The van der Waals surface area contributed by atoms with Gasteiger partial charge in [0.2, 0.25) is 0 Å². The van der Waals surface area contributed by atoms with Crippen LogP contribution in [-0.4, -0.2) is 37.7 Å². The van der Waals surface area contributed by atoms with Crippen molar-refractivity contribution in [1.82, 2.24) is 5.32 Å². The Bertz CT molecular complexity index is 658. The summed E-state index contributed by atoms with van der Waals surface area (Å²) in [5.74, 6) is -0.853. The molecule has 1 amide bonds. The average Bonchev–Trinajstić information content (AvgIpc) is 2.54. The Kier molecular flexibility index (Phi) is 5.28. The second-order valence-electron chi connectivity index (χ2n) is 5.22. The third-order valence-corrected chi connectivity index (χ3v) is 3.59. The van der Waals surface area contributed by atoms with E-state index in [9.17, 15) is 18.0 Å². The zero-order valence-corrected chi connectivity index (χ0v) is 13.1. The fourth-order valence-electron chi connectivity index (χ4n) is 2.33. The van der Waals surface area contributed by atoms with Crippen LogP contribution in [0, 0.1) is 0 Å². The molecule has 8 heteroatoms. The lowest BCUT2D eigenvalue weighted by Crippen LogP contribution is -2.50. The zero-order chi connectivity index (χ0) is 17.8. The van der Waals surface area contributed by atoms with Crippen molar-refractivity contribution in [2.45, 2.75) is 24.9 Å². The van der Waals surface area contributed by atoms with Gasteiger partial charge < -0.3 is 14.8 Å². The van der Waals surface area contributed by atoms with Gasteiger partial charge in [0.25, 0.3) is 5.91 Å². The van der Waals surface area contributed by atoms with Crippen LogP contribution in [0.1, 0.15) is 18.5 Å². The van der Waals surface area contributed by atoms with E-state index in [0.29, 0.717) is 0 Å². The van der Waals surface area contributed by atoms with Crippen LogP contribution in [0.3, 0.4) is 0 Å². The number of ether oxygens (including phenoxy) is 2. The molecule has 130 valence electrons. The number of allylic oxidation sites excluding steroid dienone is 1. The minimum absolute atomic E-state index is 0.0965. The van der Waals surface area contributed by atoms with Crippen LogP contribution >= 0.6 is 0 Å². The summed E-state index contributed by atoms with van der Waals surface area (Å²) in [5.41, 5.74) is -1.07. The Morgan fingerprint density at radius 3 is 2.67 bits per heavy atom. The first kappa shape index (κ1) is 18.0. The first-order chi connectivity index (χ1) is 11.3. The van der Waals surface area contributed by atoms with Crippen molar-refractivity contribution in [3.8, 4) is 5.75 Å². The fraction of sp³-hybridized carbons (Fsp3) is 0.375. The van der Waals surface area contributed by atoms with E-state index in [1.807, 2.05) is 0 Å². The number of para-hydroxylation sites is 1. The maximum absolute atomic E-state index is 12.5. The summed E-state index contributed by atoms with van der Waals surface area (Å²) in [4.78, 5) is 16.5. The van der Waals surface area contributed by atoms with E-state index in [4.69, 9.17) is 4.74 Å². The number of nitrogens with one attached hydrogen (secondary N) is 1. The molecule has 1 aliphatic rings. The normalized spacial score (nSPS) is 21.4. The van der Waals surface area contributed by atoms with Gasteiger partial charge in [0, 0.05) is 18.9 Å². The fourth-order valence-corrected chi connectivity index (χ4v) is 2.33.